The van der Waals surface area contributed by atoms with Crippen molar-refractivity contribution in [2.45, 2.75) is 52.0 Å². The van der Waals surface area contributed by atoms with Gasteiger partial charge in [0.2, 0.25) is 0 Å². The SMILES string of the molecule is CCC(CC)(CO)CN(C)C1CCC1. The number of nitrogens with zero attached hydrogens (tertiary/aromatic N) is 1. The first-order valence-electron chi connectivity index (χ1n) is 5.98. The minimum absolute atomic E-state index is 0.143. The zero-order chi connectivity index (χ0) is 10.6. The predicted molar refractivity (Wildman–Crippen MR) is 60.4 cm³/mol. The molecule has 0 unspecified atom stereocenters. The Kier molecular flexibility index (Phi) is 4.39. The lowest BCUT2D eigenvalue weighted by atomic mass is 9.81. The summed E-state index contributed by atoms with van der Waals surface area (Å²) < 4.78 is 0. The molecule has 0 aromatic carbocycles. The molecule has 2 heteroatoms. The molecule has 0 aromatic heterocycles. The molecule has 1 aliphatic carbocycles. The van der Waals surface area contributed by atoms with E-state index in [0.717, 1.165) is 25.4 Å². The average molecular weight is 199 g/mol. The second-order valence-corrected chi connectivity index (χ2v) is 4.87. The number of hydrogen-bond acceptors (Lipinski definition) is 2. The smallest absolute Gasteiger partial charge is 0.0499 e. The molecule has 1 N–H and O–H groups in total. The van der Waals surface area contributed by atoms with Gasteiger partial charge in [0.1, 0.15) is 0 Å². The van der Waals surface area contributed by atoms with Crippen molar-refractivity contribution in [1.29, 1.82) is 0 Å². The van der Waals surface area contributed by atoms with E-state index in [0.29, 0.717) is 6.61 Å². The fourth-order valence-electron chi connectivity index (χ4n) is 2.23. The van der Waals surface area contributed by atoms with Gasteiger partial charge in [-0.05, 0) is 32.7 Å². The van der Waals surface area contributed by atoms with Crippen LogP contribution in [0.1, 0.15) is 46.0 Å². The Morgan fingerprint density at radius 1 is 1.29 bits per heavy atom. The van der Waals surface area contributed by atoms with Crippen LogP contribution in [0.5, 0.6) is 0 Å². The van der Waals surface area contributed by atoms with Crippen LogP contribution in [-0.2, 0) is 0 Å². The molecule has 0 bridgehead atoms. The van der Waals surface area contributed by atoms with E-state index in [-0.39, 0.29) is 5.41 Å². The maximum absolute atomic E-state index is 9.47. The third-order valence-corrected chi connectivity index (χ3v) is 4.12. The van der Waals surface area contributed by atoms with Gasteiger partial charge >= 0.3 is 0 Å². The molecule has 1 rings (SSSR count). The van der Waals surface area contributed by atoms with Crippen LogP contribution in [0, 0.1) is 5.41 Å². The summed E-state index contributed by atoms with van der Waals surface area (Å²) in [5, 5.41) is 9.47. The van der Waals surface area contributed by atoms with E-state index in [9.17, 15) is 5.11 Å². The highest BCUT2D eigenvalue weighted by Gasteiger charge is 2.31. The lowest BCUT2D eigenvalue weighted by molar-refractivity contribution is 0.0420. The van der Waals surface area contributed by atoms with Crippen LogP contribution in [0.15, 0.2) is 0 Å². The highest BCUT2D eigenvalue weighted by Crippen LogP contribution is 2.31. The van der Waals surface area contributed by atoms with Crippen molar-refractivity contribution in [3.05, 3.63) is 0 Å². The van der Waals surface area contributed by atoms with Gasteiger partial charge < -0.3 is 10.0 Å². The Hall–Kier alpha value is -0.0800. The van der Waals surface area contributed by atoms with Crippen LogP contribution in [0.3, 0.4) is 0 Å². The molecule has 14 heavy (non-hydrogen) atoms. The summed E-state index contributed by atoms with van der Waals surface area (Å²) >= 11 is 0. The van der Waals surface area contributed by atoms with Gasteiger partial charge in [0.25, 0.3) is 0 Å². The van der Waals surface area contributed by atoms with E-state index in [4.69, 9.17) is 0 Å². The van der Waals surface area contributed by atoms with Crippen molar-refractivity contribution in [1.82, 2.24) is 4.90 Å². The second kappa shape index (κ2) is 5.13. The Morgan fingerprint density at radius 2 is 1.86 bits per heavy atom. The highest BCUT2D eigenvalue weighted by molar-refractivity contribution is 4.84. The van der Waals surface area contributed by atoms with Crippen LogP contribution >= 0.6 is 0 Å². The molecule has 0 aliphatic heterocycles. The topological polar surface area (TPSA) is 23.5 Å². The van der Waals surface area contributed by atoms with E-state index < -0.39 is 0 Å². The molecule has 0 heterocycles. The van der Waals surface area contributed by atoms with Gasteiger partial charge in [0.05, 0.1) is 0 Å². The molecule has 0 saturated heterocycles. The Bertz CT molecular complexity index is 153. The third-order valence-electron chi connectivity index (χ3n) is 4.12. The molecule has 0 atom stereocenters. The molecule has 0 aromatic rings. The number of aliphatic hydroxyl groups is 1. The quantitative estimate of drug-likeness (QED) is 0.709. The van der Waals surface area contributed by atoms with Crippen LogP contribution < -0.4 is 0 Å². The van der Waals surface area contributed by atoms with Gasteiger partial charge in [-0.3, -0.25) is 0 Å². The molecule has 84 valence electrons. The summed E-state index contributed by atoms with van der Waals surface area (Å²) in [5.41, 5.74) is 0.143. The minimum atomic E-state index is 0.143. The summed E-state index contributed by atoms with van der Waals surface area (Å²) in [5.74, 6) is 0. The summed E-state index contributed by atoms with van der Waals surface area (Å²) in [6.45, 7) is 5.76. The monoisotopic (exact) mass is 199 g/mol. The second-order valence-electron chi connectivity index (χ2n) is 4.87. The summed E-state index contributed by atoms with van der Waals surface area (Å²) in [6, 6.07) is 0.791. The van der Waals surface area contributed by atoms with Gasteiger partial charge in [-0.1, -0.05) is 20.3 Å². The third kappa shape index (κ3) is 2.48. The summed E-state index contributed by atoms with van der Waals surface area (Å²) in [4.78, 5) is 2.45. The van der Waals surface area contributed by atoms with Crippen molar-refractivity contribution < 1.29 is 5.11 Å². The van der Waals surface area contributed by atoms with Gasteiger partial charge in [0.15, 0.2) is 0 Å². The average Bonchev–Trinajstić information content (AvgIpc) is 2.11. The zero-order valence-electron chi connectivity index (χ0n) is 9.92. The molecule has 0 spiro atoms. The van der Waals surface area contributed by atoms with Crippen LogP contribution in [0.2, 0.25) is 0 Å². The molecule has 0 amide bonds. The van der Waals surface area contributed by atoms with Crippen LogP contribution in [-0.4, -0.2) is 36.2 Å². The predicted octanol–water partition coefficient (Wildman–Crippen LogP) is 2.27. The Labute approximate surface area is 88.3 Å². The van der Waals surface area contributed by atoms with Gasteiger partial charge in [-0.25, -0.2) is 0 Å². The maximum Gasteiger partial charge on any atom is 0.0499 e. The molecule has 1 saturated carbocycles. The highest BCUT2D eigenvalue weighted by atomic mass is 16.3. The van der Waals surface area contributed by atoms with Crippen LogP contribution in [0.4, 0.5) is 0 Å². The van der Waals surface area contributed by atoms with Gasteiger partial charge in [0, 0.05) is 24.6 Å². The maximum atomic E-state index is 9.47. The van der Waals surface area contributed by atoms with Gasteiger partial charge in [-0.15, -0.1) is 0 Å². The van der Waals surface area contributed by atoms with Crippen molar-refractivity contribution in [2.24, 2.45) is 5.41 Å². The number of hydrogen-bond donors (Lipinski definition) is 1. The fraction of sp³-hybridized carbons (Fsp3) is 1.00. The standard InChI is InChI=1S/C12H25NO/c1-4-12(5-2,10-14)9-13(3)11-7-6-8-11/h11,14H,4-10H2,1-3H3. The van der Waals surface area contributed by atoms with Crippen LogP contribution in [0.25, 0.3) is 0 Å². The zero-order valence-corrected chi connectivity index (χ0v) is 9.92. The first-order chi connectivity index (χ1) is 6.67. The lowest BCUT2D eigenvalue weighted by Crippen LogP contribution is -2.45. The van der Waals surface area contributed by atoms with E-state index >= 15 is 0 Å². The van der Waals surface area contributed by atoms with E-state index in [1.165, 1.54) is 19.3 Å². The van der Waals surface area contributed by atoms with Crippen molar-refractivity contribution >= 4 is 0 Å². The number of rotatable bonds is 6. The van der Waals surface area contributed by atoms with E-state index in [1.54, 1.807) is 0 Å². The molecular weight excluding hydrogens is 174 g/mol. The normalized spacial score (nSPS) is 18.6. The summed E-state index contributed by atoms with van der Waals surface area (Å²) in [6.07, 6.45) is 6.25. The Morgan fingerprint density at radius 3 is 2.14 bits per heavy atom. The largest absolute Gasteiger partial charge is 0.396 e. The fourth-order valence-corrected chi connectivity index (χ4v) is 2.23. The van der Waals surface area contributed by atoms with Crippen molar-refractivity contribution in [2.75, 3.05) is 20.2 Å². The van der Waals surface area contributed by atoms with E-state index in [1.807, 2.05) is 0 Å². The molecule has 0 radical (unpaired) electrons. The first-order valence-corrected chi connectivity index (χ1v) is 5.98. The first kappa shape index (κ1) is 12.0. The molecule has 2 nitrogen and oxygen atoms in total. The van der Waals surface area contributed by atoms with Gasteiger partial charge in [-0.2, -0.15) is 0 Å². The molecule has 1 fully saturated rings. The van der Waals surface area contributed by atoms with E-state index in [2.05, 4.69) is 25.8 Å². The molecule has 1 aliphatic rings. The van der Waals surface area contributed by atoms with Crippen molar-refractivity contribution in [3.8, 4) is 0 Å². The summed E-state index contributed by atoms with van der Waals surface area (Å²) in [7, 11) is 2.21. The molecular formula is C12H25NO. The lowest BCUT2D eigenvalue weighted by Gasteiger charge is -2.41. The Balaban J connectivity index is 2.44. The van der Waals surface area contributed by atoms with Crippen molar-refractivity contribution in [3.63, 3.8) is 0 Å². The minimum Gasteiger partial charge on any atom is -0.396 e. The number of aliphatic hydroxyl groups excluding tert-OH is 1.